The van der Waals surface area contributed by atoms with Crippen molar-refractivity contribution >= 4 is 28.5 Å². The summed E-state index contributed by atoms with van der Waals surface area (Å²) in [4.78, 5) is 33.6. The van der Waals surface area contributed by atoms with Crippen LogP contribution in [0, 0.1) is 0 Å². The highest BCUT2D eigenvalue weighted by atomic mass is 16.5. The Morgan fingerprint density at radius 3 is 2.47 bits per heavy atom. The standard InChI is InChI=1S/C24H25N3O3/c1-18(24(29)27-15-13-26(14-16-27)21-10-3-2-4-11-21)30-22(28)17-20-8-5-7-19-9-6-12-25-23(19)20/h2-12,18H,13-17H2,1H3. The van der Waals surface area contributed by atoms with Gasteiger partial charge in [-0.25, -0.2) is 0 Å². The number of hydrogen-bond donors (Lipinski definition) is 0. The number of benzene rings is 2. The molecule has 0 saturated carbocycles. The highest BCUT2D eigenvalue weighted by Gasteiger charge is 2.27. The molecule has 6 nitrogen and oxygen atoms in total. The van der Waals surface area contributed by atoms with Gasteiger partial charge in [-0.2, -0.15) is 0 Å². The lowest BCUT2D eigenvalue weighted by Gasteiger charge is -2.37. The summed E-state index contributed by atoms with van der Waals surface area (Å²) in [5, 5.41) is 0.975. The Hall–Kier alpha value is -3.41. The van der Waals surface area contributed by atoms with Crippen molar-refractivity contribution < 1.29 is 14.3 Å². The molecular formula is C24H25N3O3. The first-order valence-corrected chi connectivity index (χ1v) is 10.2. The third-order valence-corrected chi connectivity index (χ3v) is 5.42. The van der Waals surface area contributed by atoms with Crippen molar-refractivity contribution in [3.05, 3.63) is 72.4 Å². The van der Waals surface area contributed by atoms with Gasteiger partial charge < -0.3 is 14.5 Å². The molecule has 6 heteroatoms. The fourth-order valence-corrected chi connectivity index (χ4v) is 3.84. The van der Waals surface area contributed by atoms with Crippen molar-refractivity contribution in [2.45, 2.75) is 19.4 Å². The predicted octanol–water partition coefficient (Wildman–Crippen LogP) is 3.06. The quantitative estimate of drug-likeness (QED) is 0.613. The summed E-state index contributed by atoms with van der Waals surface area (Å²) in [7, 11) is 0. The molecule has 4 rings (SSSR count). The van der Waals surface area contributed by atoms with Gasteiger partial charge in [0, 0.05) is 43.4 Å². The zero-order chi connectivity index (χ0) is 20.9. The fraction of sp³-hybridized carbons (Fsp3) is 0.292. The zero-order valence-corrected chi connectivity index (χ0v) is 17.0. The lowest BCUT2D eigenvalue weighted by molar-refractivity contribution is -0.158. The van der Waals surface area contributed by atoms with E-state index < -0.39 is 12.1 Å². The van der Waals surface area contributed by atoms with Crippen molar-refractivity contribution in [2.75, 3.05) is 31.1 Å². The Kier molecular flexibility index (Phi) is 5.93. The monoisotopic (exact) mass is 403 g/mol. The number of esters is 1. The maximum absolute atomic E-state index is 12.8. The van der Waals surface area contributed by atoms with E-state index in [1.165, 1.54) is 0 Å². The number of rotatable bonds is 5. The molecule has 1 atom stereocenters. The second kappa shape index (κ2) is 8.95. The van der Waals surface area contributed by atoms with E-state index in [0.717, 1.165) is 35.2 Å². The molecule has 1 amide bonds. The second-order valence-corrected chi connectivity index (χ2v) is 7.45. The molecule has 1 aliphatic heterocycles. The Labute approximate surface area is 176 Å². The summed E-state index contributed by atoms with van der Waals surface area (Å²) >= 11 is 0. The molecule has 0 radical (unpaired) electrons. The number of nitrogens with zero attached hydrogens (tertiary/aromatic N) is 3. The SMILES string of the molecule is CC(OC(=O)Cc1cccc2cccnc12)C(=O)N1CCN(c2ccccc2)CC1. The Bertz CT molecular complexity index is 1020. The van der Waals surface area contributed by atoms with Crippen LogP contribution in [0.25, 0.3) is 10.9 Å². The highest BCUT2D eigenvalue weighted by molar-refractivity contribution is 5.87. The Morgan fingerprint density at radius 1 is 0.967 bits per heavy atom. The minimum atomic E-state index is -0.802. The molecule has 2 aromatic carbocycles. The van der Waals surface area contributed by atoms with E-state index in [1.807, 2.05) is 48.5 Å². The Morgan fingerprint density at radius 2 is 1.70 bits per heavy atom. The first-order valence-electron chi connectivity index (χ1n) is 10.2. The largest absolute Gasteiger partial charge is 0.452 e. The average Bonchev–Trinajstić information content (AvgIpc) is 2.79. The molecule has 1 fully saturated rings. The summed E-state index contributed by atoms with van der Waals surface area (Å²) in [6, 6.07) is 19.7. The van der Waals surface area contributed by atoms with Crippen LogP contribution in [-0.2, 0) is 20.7 Å². The van der Waals surface area contributed by atoms with Crippen LogP contribution in [0.1, 0.15) is 12.5 Å². The highest BCUT2D eigenvalue weighted by Crippen LogP contribution is 2.18. The van der Waals surface area contributed by atoms with Crippen molar-refractivity contribution in [2.24, 2.45) is 0 Å². The van der Waals surface area contributed by atoms with Crippen molar-refractivity contribution in [3.63, 3.8) is 0 Å². The molecule has 0 bridgehead atoms. The average molecular weight is 403 g/mol. The predicted molar refractivity (Wildman–Crippen MR) is 116 cm³/mol. The van der Waals surface area contributed by atoms with Gasteiger partial charge in [0.25, 0.3) is 5.91 Å². The maximum Gasteiger partial charge on any atom is 0.311 e. The molecule has 0 aliphatic carbocycles. The van der Waals surface area contributed by atoms with Crippen molar-refractivity contribution in [1.29, 1.82) is 0 Å². The van der Waals surface area contributed by atoms with Crippen LogP contribution >= 0.6 is 0 Å². The molecule has 2 heterocycles. The molecule has 1 unspecified atom stereocenters. The van der Waals surface area contributed by atoms with E-state index >= 15 is 0 Å². The zero-order valence-electron chi connectivity index (χ0n) is 17.0. The maximum atomic E-state index is 12.8. The summed E-state index contributed by atoms with van der Waals surface area (Å²) in [5.41, 5.74) is 2.75. The molecular weight excluding hydrogens is 378 g/mol. The Balaban J connectivity index is 1.32. The van der Waals surface area contributed by atoms with E-state index in [-0.39, 0.29) is 12.3 Å². The topological polar surface area (TPSA) is 62.7 Å². The summed E-state index contributed by atoms with van der Waals surface area (Å²) in [6.07, 6.45) is 0.996. The van der Waals surface area contributed by atoms with Gasteiger partial charge in [0.2, 0.25) is 0 Å². The van der Waals surface area contributed by atoms with Crippen LogP contribution in [0.4, 0.5) is 5.69 Å². The molecule has 0 N–H and O–H groups in total. The number of fused-ring (bicyclic) bond motifs is 1. The molecule has 3 aromatic rings. The molecule has 1 saturated heterocycles. The first-order chi connectivity index (χ1) is 14.6. The number of ether oxygens (including phenoxy) is 1. The number of anilines is 1. The van der Waals surface area contributed by atoms with Gasteiger partial charge in [0.05, 0.1) is 11.9 Å². The van der Waals surface area contributed by atoms with E-state index in [2.05, 4.69) is 22.0 Å². The number of aromatic nitrogens is 1. The second-order valence-electron chi connectivity index (χ2n) is 7.45. The fourth-order valence-electron chi connectivity index (χ4n) is 3.84. The van der Waals surface area contributed by atoms with E-state index in [4.69, 9.17) is 4.74 Å². The third-order valence-electron chi connectivity index (χ3n) is 5.42. The normalized spacial score (nSPS) is 15.1. The van der Waals surface area contributed by atoms with Gasteiger partial charge in [-0.05, 0) is 30.7 Å². The van der Waals surface area contributed by atoms with E-state index in [9.17, 15) is 9.59 Å². The van der Waals surface area contributed by atoms with Gasteiger partial charge >= 0.3 is 5.97 Å². The minimum absolute atomic E-state index is 0.0910. The minimum Gasteiger partial charge on any atom is -0.452 e. The van der Waals surface area contributed by atoms with Crippen LogP contribution in [0.2, 0.25) is 0 Å². The van der Waals surface area contributed by atoms with Gasteiger partial charge in [-0.3, -0.25) is 14.6 Å². The van der Waals surface area contributed by atoms with Gasteiger partial charge in [0.15, 0.2) is 6.10 Å². The van der Waals surface area contributed by atoms with Crippen LogP contribution < -0.4 is 4.90 Å². The number of para-hydroxylation sites is 2. The summed E-state index contributed by atoms with van der Waals surface area (Å²) in [6.45, 7) is 4.40. The van der Waals surface area contributed by atoms with Crippen LogP contribution in [-0.4, -0.2) is 54.0 Å². The summed E-state index contributed by atoms with van der Waals surface area (Å²) < 4.78 is 5.46. The third kappa shape index (κ3) is 4.43. The van der Waals surface area contributed by atoms with Crippen molar-refractivity contribution in [1.82, 2.24) is 9.88 Å². The molecule has 0 spiro atoms. The molecule has 1 aromatic heterocycles. The van der Waals surface area contributed by atoms with Crippen LogP contribution in [0.3, 0.4) is 0 Å². The number of amides is 1. The number of carbonyl (C=O) groups excluding carboxylic acids is 2. The number of carbonyl (C=O) groups is 2. The van der Waals surface area contributed by atoms with Gasteiger partial charge in [0.1, 0.15) is 0 Å². The van der Waals surface area contributed by atoms with Gasteiger partial charge in [-0.15, -0.1) is 0 Å². The lowest BCUT2D eigenvalue weighted by atomic mass is 10.1. The summed E-state index contributed by atoms with van der Waals surface area (Å²) in [5.74, 6) is -0.566. The van der Waals surface area contributed by atoms with Crippen LogP contribution in [0.15, 0.2) is 66.9 Å². The van der Waals surface area contributed by atoms with Gasteiger partial charge in [-0.1, -0.05) is 42.5 Å². The van der Waals surface area contributed by atoms with Crippen molar-refractivity contribution in [3.8, 4) is 0 Å². The molecule has 30 heavy (non-hydrogen) atoms. The molecule has 154 valence electrons. The lowest BCUT2D eigenvalue weighted by Crippen LogP contribution is -2.51. The van der Waals surface area contributed by atoms with E-state index in [1.54, 1.807) is 18.0 Å². The smallest absolute Gasteiger partial charge is 0.311 e. The number of piperazine rings is 1. The molecule has 1 aliphatic rings. The number of hydrogen-bond acceptors (Lipinski definition) is 5. The number of pyridine rings is 1. The van der Waals surface area contributed by atoms with Crippen LogP contribution in [0.5, 0.6) is 0 Å². The van der Waals surface area contributed by atoms with E-state index in [0.29, 0.717) is 13.1 Å². The first kappa shape index (κ1) is 19.9.